The average molecular weight is 270 g/mol. The normalized spacial score (nSPS) is 15.8. The summed E-state index contributed by atoms with van der Waals surface area (Å²) in [4.78, 5) is 0. The third-order valence-corrected chi connectivity index (χ3v) is 1.51. The van der Waals surface area contributed by atoms with Crippen molar-refractivity contribution in [1.29, 1.82) is 0 Å². The molecule has 0 heterocycles. The topological polar surface area (TPSA) is 0 Å². The van der Waals surface area contributed by atoms with Crippen LogP contribution in [0.2, 0.25) is 0 Å². The molecule has 0 aliphatic rings. The Morgan fingerprint density at radius 3 is 0.875 bits per heavy atom. The monoisotopic (exact) mass is 270 g/mol. The van der Waals surface area contributed by atoms with Crippen molar-refractivity contribution < 1.29 is 48.3 Å². The number of rotatable bonds is 2. The third-order valence-electron chi connectivity index (χ3n) is 1.51. The molecule has 0 unspecified atom stereocenters. The molecule has 0 N–H and O–H groups in total. The van der Waals surface area contributed by atoms with Crippen LogP contribution in [0.25, 0.3) is 0 Å². The van der Waals surface area contributed by atoms with Crippen LogP contribution in [-0.2, 0) is 0 Å². The second kappa shape index (κ2) is 3.62. The standard InChI is InChI=1S/C5HF11/c6-1(7)2(8,9)3(10,4(11,12)13)5(14,15)16/h1H. The van der Waals surface area contributed by atoms with Gasteiger partial charge in [0.1, 0.15) is 0 Å². The van der Waals surface area contributed by atoms with Gasteiger partial charge in [0.2, 0.25) is 0 Å². The maximum Gasteiger partial charge on any atom is 0.438 e. The zero-order valence-corrected chi connectivity index (χ0v) is 6.73. The Labute approximate surface area is 80.0 Å². The molecule has 98 valence electrons. The van der Waals surface area contributed by atoms with Gasteiger partial charge in [-0.1, -0.05) is 0 Å². The number of halogens is 11. The molecular formula is C5HF11. The van der Waals surface area contributed by atoms with E-state index in [1.807, 2.05) is 0 Å². The molecule has 16 heavy (non-hydrogen) atoms. The summed E-state index contributed by atoms with van der Waals surface area (Å²) >= 11 is 0. The van der Waals surface area contributed by atoms with E-state index in [1.54, 1.807) is 0 Å². The summed E-state index contributed by atoms with van der Waals surface area (Å²) in [6.45, 7) is 0. The van der Waals surface area contributed by atoms with Gasteiger partial charge in [0.25, 0.3) is 0 Å². The minimum Gasteiger partial charge on any atom is -0.216 e. The molecule has 0 saturated carbocycles. The summed E-state index contributed by atoms with van der Waals surface area (Å²) in [5.74, 6) is -6.93. The van der Waals surface area contributed by atoms with Crippen molar-refractivity contribution in [3.63, 3.8) is 0 Å². The molecule has 0 saturated heterocycles. The van der Waals surface area contributed by atoms with Gasteiger partial charge >= 0.3 is 30.4 Å². The van der Waals surface area contributed by atoms with Gasteiger partial charge in [0.15, 0.2) is 0 Å². The molecule has 0 rings (SSSR count). The first kappa shape index (κ1) is 15.2. The highest BCUT2D eigenvalue weighted by Gasteiger charge is 2.86. The second-order valence-corrected chi connectivity index (χ2v) is 2.58. The number of hydrogen-bond acceptors (Lipinski definition) is 0. The lowest BCUT2D eigenvalue weighted by Crippen LogP contribution is -2.66. The fourth-order valence-electron chi connectivity index (χ4n) is 0.689. The quantitative estimate of drug-likeness (QED) is 0.671. The molecule has 0 aromatic heterocycles. The fourth-order valence-corrected chi connectivity index (χ4v) is 0.689. The van der Waals surface area contributed by atoms with Crippen LogP contribution in [0.15, 0.2) is 0 Å². The van der Waals surface area contributed by atoms with Crippen LogP contribution in [0.4, 0.5) is 48.3 Å². The fraction of sp³-hybridized carbons (Fsp3) is 1.00. The Morgan fingerprint density at radius 2 is 0.812 bits per heavy atom. The van der Waals surface area contributed by atoms with Crippen molar-refractivity contribution in [2.45, 2.75) is 30.4 Å². The van der Waals surface area contributed by atoms with Gasteiger partial charge in [-0.15, -0.1) is 0 Å². The van der Waals surface area contributed by atoms with Crippen molar-refractivity contribution in [2.24, 2.45) is 0 Å². The van der Waals surface area contributed by atoms with Crippen LogP contribution in [0.1, 0.15) is 0 Å². The Balaban J connectivity index is 5.81. The lowest BCUT2D eigenvalue weighted by Gasteiger charge is -2.35. The SMILES string of the molecule is FC(F)C(F)(F)C(F)(C(F)(F)F)C(F)(F)F. The largest absolute Gasteiger partial charge is 0.438 e. The van der Waals surface area contributed by atoms with Gasteiger partial charge in [-0.2, -0.15) is 35.1 Å². The molecular weight excluding hydrogens is 269 g/mol. The first-order valence-electron chi connectivity index (χ1n) is 3.18. The van der Waals surface area contributed by atoms with E-state index >= 15 is 0 Å². The summed E-state index contributed by atoms with van der Waals surface area (Å²) in [5, 5.41) is 0. The highest BCUT2D eigenvalue weighted by Crippen LogP contribution is 2.56. The Bertz CT molecular complexity index is 230. The van der Waals surface area contributed by atoms with Gasteiger partial charge in [-0.05, 0) is 0 Å². The van der Waals surface area contributed by atoms with E-state index < -0.39 is 30.4 Å². The predicted octanol–water partition coefficient (Wildman–Crippen LogP) is 3.72. The minimum atomic E-state index is -7.29. The third kappa shape index (κ3) is 1.90. The van der Waals surface area contributed by atoms with Gasteiger partial charge in [-0.3, -0.25) is 0 Å². The molecule has 0 aromatic carbocycles. The van der Waals surface area contributed by atoms with Crippen molar-refractivity contribution in [3.05, 3.63) is 0 Å². The van der Waals surface area contributed by atoms with E-state index in [2.05, 4.69) is 0 Å². The van der Waals surface area contributed by atoms with Crippen molar-refractivity contribution in [2.75, 3.05) is 0 Å². The van der Waals surface area contributed by atoms with Crippen molar-refractivity contribution >= 4 is 0 Å². The van der Waals surface area contributed by atoms with E-state index in [9.17, 15) is 48.3 Å². The van der Waals surface area contributed by atoms with E-state index in [0.717, 1.165) is 0 Å². The van der Waals surface area contributed by atoms with Crippen LogP contribution in [0, 0.1) is 0 Å². The lowest BCUT2D eigenvalue weighted by molar-refractivity contribution is -0.411. The van der Waals surface area contributed by atoms with Crippen LogP contribution in [0.3, 0.4) is 0 Å². The Kier molecular flexibility index (Phi) is 3.45. The molecule has 0 atom stereocenters. The van der Waals surface area contributed by atoms with Crippen LogP contribution in [0.5, 0.6) is 0 Å². The van der Waals surface area contributed by atoms with E-state index in [4.69, 9.17) is 0 Å². The molecule has 0 aliphatic heterocycles. The molecule has 11 heteroatoms. The minimum absolute atomic E-state index is 5.46. The molecule has 0 radical (unpaired) electrons. The smallest absolute Gasteiger partial charge is 0.216 e. The van der Waals surface area contributed by atoms with Gasteiger partial charge < -0.3 is 0 Å². The molecule has 0 spiro atoms. The van der Waals surface area contributed by atoms with E-state index in [-0.39, 0.29) is 0 Å². The second-order valence-electron chi connectivity index (χ2n) is 2.58. The first-order valence-corrected chi connectivity index (χ1v) is 3.18. The van der Waals surface area contributed by atoms with Crippen LogP contribution in [-0.4, -0.2) is 30.4 Å². The molecule has 0 aliphatic carbocycles. The molecule has 0 aromatic rings. The average Bonchev–Trinajstić information content (AvgIpc) is 1.97. The summed E-state index contributed by atoms with van der Waals surface area (Å²) in [6.07, 6.45) is -19.9. The summed E-state index contributed by atoms with van der Waals surface area (Å²) in [7, 11) is 0. The van der Waals surface area contributed by atoms with Gasteiger partial charge in [0, 0.05) is 0 Å². The van der Waals surface area contributed by atoms with Gasteiger partial charge in [0.05, 0.1) is 0 Å². The summed E-state index contributed by atoms with van der Waals surface area (Å²) in [6, 6.07) is 0. The highest BCUT2D eigenvalue weighted by atomic mass is 19.4. The highest BCUT2D eigenvalue weighted by molar-refractivity contribution is 5.06. The lowest BCUT2D eigenvalue weighted by atomic mass is 9.96. The maximum atomic E-state index is 12.4. The van der Waals surface area contributed by atoms with Crippen molar-refractivity contribution in [3.8, 4) is 0 Å². The Hall–Kier alpha value is -0.770. The zero-order chi connectivity index (χ0) is 13.6. The molecule has 0 bridgehead atoms. The van der Waals surface area contributed by atoms with E-state index in [1.165, 1.54) is 0 Å². The molecule has 0 nitrogen and oxygen atoms in total. The summed E-state index contributed by atoms with van der Waals surface area (Å²) in [5.41, 5.74) is -7.29. The zero-order valence-electron chi connectivity index (χ0n) is 6.73. The number of alkyl halides is 11. The molecule has 0 fully saturated rings. The van der Waals surface area contributed by atoms with Crippen LogP contribution < -0.4 is 0 Å². The predicted molar refractivity (Wildman–Crippen MR) is 26.9 cm³/mol. The Morgan fingerprint density at radius 1 is 0.562 bits per heavy atom. The maximum absolute atomic E-state index is 12.4. The van der Waals surface area contributed by atoms with Crippen molar-refractivity contribution in [1.82, 2.24) is 0 Å². The summed E-state index contributed by atoms with van der Waals surface area (Å²) < 4.78 is 128. The number of hydrogen-bond donors (Lipinski definition) is 0. The molecule has 0 amide bonds. The van der Waals surface area contributed by atoms with E-state index in [0.29, 0.717) is 0 Å². The van der Waals surface area contributed by atoms with Crippen LogP contribution >= 0.6 is 0 Å². The first-order chi connectivity index (χ1) is 6.69. The van der Waals surface area contributed by atoms with Gasteiger partial charge in [-0.25, -0.2) is 13.2 Å².